The number of hydrogen-bond acceptors (Lipinski definition) is 2. The molecule has 0 saturated carbocycles. The minimum atomic E-state index is -5.14. The van der Waals surface area contributed by atoms with Gasteiger partial charge in [0, 0.05) is 6.42 Å². The molecule has 0 aromatic rings. The van der Waals surface area contributed by atoms with Crippen LogP contribution in [-0.2, 0) is 9.59 Å². The second-order valence-corrected chi connectivity index (χ2v) is 4.08. The summed E-state index contributed by atoms with van der Waals surface area (Å²) >= 11 is 0. The molecular weight excluding hydrogens is 198 g/mol. The van der Waals surface area contributed by atoms with E-state index in [2.05, 4.69) is 0 Å². The van der Waals surface area contributed by atoms with Crippen LogP contribution in [0.1, 0.15) is 20.3 Å². The lowest BCUT2D eigenvalue weighted by atomic mass is 9.90. The molecule has 80 valence electrons. The Hall–Kier alpha value is -1.01. The van der Waals surface area contributed by atoms with Crippen LogP contribution >= 0.6 is 0 Å². The van der Waals surface area contributed by atoms with Crippen molar-refractivity contribution in [1.82, 2.24) is 4.90 Å². The fourth-order valence-corrected chi connectivity index (χ4v) is 1.42. The number of hydrogen-bond donors (Lipinski definition) is 0. The maximum Gasteiger partial charge on any atom is 0.497 e. The molecule has 0 unspecified atom stereocenters. The van der Waals surface area contributed by atoms with Crippen molar-refractivity contribution >= 4 is 18.8 Å². The Morgan fingerprint density at radius 3 is 2.14 bits per heavy atom. The quantitative estimate of drug-likeness (QED) is 0.504. The van der Waals surface area contributed by atoms with Gasteiger partial charge in [-0.15, -0.1) is 0 Å². The van der Waals surface area contributed by atoms with Crippen molar-refractivity contribution < 1.29 is 22.5 Å². The summed E-state index contributed by atoms with van der Waals surface area (Å²) < 4.78 is 36.1. The first-order valence-corrected chi connectivity index (χ1v) is 4.19. The molecule has 3 nitrogen and oxygen atoms in total. The first-order valence-electron chi connectivity index (χ1n) is 4.19. The molecule has 0 aromatic carbocycles. The van der Waals surface area contributed by atoms with Gasteiger partial charge in [0.25, 0.3) is 0 Å². The molecule has 1 fully saturated rings. The average molecular weight is 208 g/mol. The monoisotopic (exact) mass is 208 g/mol. The smallest absolute Gasteiger partial charge is 0.448 e. The van der Waals surface area contributed by atoms with E-state index in [1.54, 1.807) is 0 Å². The highest BCUT2D eigenvalue weighted by Crippen LogP contribution is 2.32. The summed E-state index contributed by atoms with van der Waals surface area (Å²) in [6.07, 6.45) is -1.56. The van der Waals surface area contributed by atoms with E-state index < -0.39 is 30.7 Å². The molecule has 0 atom stereocenters. The van der Waals surface area contributed by atoms with Crippen LogP contribution in [-0.4, -0.2) is 30.1 Å². The van der Waals surface area contributed by atoms with Crippen molar-refractivity contribution in [1.29, 1.82) is 0 Å². The Balaban J connectivity index is 2.82. The third-order valence-electron chi connectivity index (χ3n) is 2.11. The number of likely N-dealkylation sites (tertiary alicyclic amines) is 1. The Morgan fingerprint density at radius 1 is 1.36 bits per heavy atom. The molecule has 2 amide bonds. The van der Waals surface area contributed by atoms with E-state index >= 15 is 0 Å². The fourth-order valence-electron chi connectivity index (χ4n) is 1.42. The van der Waals surface area contributed by atoms with Gasteiger partial charge in [-0.2, -0.15) is 0 Å². The Kier molecular flexibility index (Phi) is 2.37. The predicted octanol–water partition coefficient (Wildman–Crippen LogP) is 1.16. The zero-order valence-electron chi connectivity index (χ0n) is 7.89. The third kappa shape index (κ3) is 2.08. The van der Waals surface area contributed by atoms with Gasteiger partial charge in [0.1, 0.15) is 0 Å². The Bertz CT molecular complexity index is 287. The van der Waals surface area contributed by atoms with Gasteiger partial charge in [-0.25, -0.2) is 0 Å². The standard InChI is InChI=1S/C7H10BF3NO2/c1-7(2)3-5(13)12(6(7)14)4-8(9,10)11/h3-4H2,1-2H3/q-1. The molecule has 0 aliphatic carbocycles. The fraction of sp³-hybridized carbons (Fsp3) is 0.714. The van der Waals surface area contributed by atoms with Crippen molar-refractivity contribution in [2.24, 2.45) is 5.41 Å². The lowest BCUT2D eigenvalue weighted by Crippen LogP contribution is -2.42. The summed E-state index contributed by atoms with van der Waals surface area (Å²) in [6, 6.07) is 0. The molecule has 0 spiro atoms. The van der Waals surface area contributed by atoms with Gasteiger partial charge in [-0.3, -0.25) is 9.59 Å². The molecule has 0 aromatic heterocycles. The van der Waals surface area contributed by atoms with Gasteiger partial charge in [0.05, 0.1) is 5.41 Å². The van der Waals surface area contributed by atoms with Crippen molar-refractivity contribution in [3.63, 3.8) is 0 Å². The molecule has 0 N–H and O–H groups in total. The highest BCUT2D eigenvalue weighted by atomic mass is 19.4. The van der Waals surface area contributed by atoms with Gasteiger partial charge < -0.3 is 17.8 Å². The second-order valence-electron chi connectivity index (χ2n) is 4.08. The lowest BCUT2D eigenvalue weighted by Gasteiger charge is -2.23. The van der Waals surface area contributed by atoms with E-state index in [1.807, 2.05) is 0 Å². The number of carbonyl (C=O) groups is 2. The first-order chi connectivity index (χ1) is 6.13. The lowest BCUT2D eigenvalue weighted by molar-refractivity contribution is -0.140. The SMILES string of the molecule is CC1(C)CC(=O)N(C[B-](F)(F)F)C1=O. The predicted molar refractivity (Wildman–Crippen MR) is 44.2 cm³/mol. The molecule has 14 heavy (non-hydrogen) atoms. The van der Waals surface area contributed by atoms with Crippen molar-refractivity contribution in [2.75, 3.05) is 6.44 Å². The van der Waals surface area contributed by atoms with E-state index in [-0.39, 0.29) is 6.42 Å². The summed E-state index contributed by atoms with van der Waals surface area (Å²) in [5.41, 5.74) is -0.988. The number of nitrogens with zero attached hydrogens (tertiary/aromatic N) is 1. The van der Waals surface area contributed by atoms with Gasteiger partial charge in [-0.05, 0) is 6.44 Å². The summed E-state index contributed by atoms with van der Waals surface area (Å²) in [6.45, 7) is -2.20. The zero-order valence-corrected chi connectivity index (χ0v) is 7.89. The number of rotatable bonds is 2. The van der Waals surface area contributed by atoms with Gasteiger partial charge in [0.15, 0.2) is 0 Å². The molecule has 0 radical (unpaired) electrons. The number of imide groups is 1. The first kappa shape index (κ1) is 11.1. The number of carbonyl (C=O) groups excluding carboxylic acids is 2. The van der Waals surface area contributed by atoms with Crippen molar-refractivity contribution in [3.8, 4) is 0 Å². The van der Waals surface area contributed by atoms with Crippen LogP contribution in [0.4, 0.5) is 12.9 Å². The van der Waals surface area contributed by atoms with Gasteiger partial charge >= 0.3 is 6.98 Å². The second kappa shape index (κ2) is 3.00. The van der Waals surface area contributed by atoms with Crippen LogP contribution in [0.5, 0.6) is 0 Å². The highest BCUT2D eigenvalue weighted by molar-refractivity contribution is 6.59. The van der Waals surface area contributed by atoms with E-state index in [4.69, 9.17) is 0 Å². The zero-order chi connectivity index (χ0) is 11.1. The van der Waals surface area contributed by atoms with Crippen LogP contribution in [0.2, 0.25) is 0 Å². The number of halogens is 3. The van der Waals surface area contributed by atoms with Crippen molar-refractivity contribution in [2.45, 2.75) is 20.3 Å². The van der Waals surface area contributed by atoms with E-state index in [1.165, 1.54) is 13.8 Å². The van der Waals surface area contributed by atoms with Crippen molar-refractivity contribution in [3.05, 3.63) is 0 Å². The Morgan fingerprint density at radius 2 is 1.86 bits per heavy atom. The average Bonchev–Trinajstić information content (AvgIpc) is 2.10. The minimum absolute atomic E-state index is 0.141. The molecule has 1 aliphatic heterocycles. The molecule has 1 heterocycles. The van der Waals surface area contributed by atoms with E-state index in [0.717, 1.165) is 0 Å². The summed E-state index contributed by atoms with van der Waals surface area (Å²) in [5.74, 6) is -1.47. The summed E-state index contributed by atoms with van der Waals surface area (Å²) in [5, 5.41) is 0. The number of amides is 2. The van der Waals surface area contributed by atoms with Crippen LogP contribution in [0.3, 0.4) is 0 Å². The molecule has 1 rings (SSSR count). The normalized spacial score (nSPS) is 21.9. The molecular formula is C7H10BF3NO2-. The largest absolute Gasteiger partial charge is 0.497 e. The molecule has 7 heteroatoms. The molecule has 1 aliphatic rings. The third-order valence-corrected chi connectivity index (χ3v) is 2.11. The molecule has 1 saturated heterocycles. The van der Waals surface area contributed by atoms with Gasteiger partial charge in [0.2, 0.25) is 11.8 Å². The molecule has 0 bridgehead atoms. The maximum absolute atomic E-state index is 12.0. The summed E-state index contributed by atoms with van der Waals surface area (Å²) in [7, 11) is 0. The minimum Gasteiger partial charge on any atom is -0.448 e. The van der Waals surface area contributed by atoms with E-state index in [9.17, 15) is 22.5 Å². The van der Waals surface area contributed by atoms with E-state index in [0.29, 0.717) is 4.90 Å². The Labute approximate surface area is 79.3 Å². The van der Waals surface area contributed by atoms with Crippen LogP contribution in [0.15, 0.2) is 0 Å². The van der Waals surface area contributed by atoms with Crippen LogP contribution in [0.25, 0.3) is 0 Å². The topological polar surface area (TPSA) is 37.4 Å². The van der Waals surface area contributed by atoms with Gasteiger partial charge in [-0.1, -0.05) is 13.8 Å². The highest BCUT2D eigenvalue weighted by Gasteiger charge is 2.46. The summed E-state index contributed by atoms with van der Waals surface area (Å²) in [4.78, 5) is 22.7. The maximum atomic E-state index is 12.0. The van der Waals surface area contributed by atoms with Crippen LogP contribution < -0.4 is 0 Å². The van der Waals surface area contributed by atoms with Crippen LogP contribution in [0, 0.1) is 5.41 Å².